The monoisotopic (exact) mass is 186 g/mol. The molecule has 1 fully saturated rings. The van der Waals surface area contributed by atoms with E-state index in [-0.39, 0.29) is 0 Å². The van der Waals surface area contributed by atoms with Gasteiger partial charge in [-0.1, -0.05) is 26.7 Å². The van der Waals surface area contributed by atoms with Crippen LogP contribution in [0.5, 0.6) is 0 Å². The lowest BCUT2D eigenvalue weighted by atomic mass is 10.0. The van der Waals surface area contributed by atoms with Crippen LogP contribution in [0.2, 0.25) is 19.1 Å². The topological polar surface area (TPSA) is 9.23 Å². The van der Waals surface area contributed by atoms with Crippen LogP contribution in [0.25, 0.3) is 0 Å². The Morgan fingerprint density at radius 2 is 2.08 bits per heavy atom. The van der Waals surface area contributed by atoms with Crippen molar-refractivity contribution >= 4 is 8.32 Å². The number of unbranched alkanes of at least 4 members (excludes halogenated alkanes) is 1. The first kappa shape index (κ1) is 10.3. The van der Waals surface area contributed by atoms with Crippen LogP contribution >= 0.6 is 0 Å². The van der Waals surface area contributed by atoms with Gasteiger partial charge < -0.3 is 4.43 Å². The Bertz CT molecular complexity index is 145. The first-order valence-electron chi connectivity index (χ1n) is 5.23. The van der Waals surface area contributed by atoms with E-state index in [1.165, 1.54) is 25.3 Å². The van der Waals surface area contributed by atoms with Crippen molar-refractivity contribution in [1.29, 1.82) is 0 Å². The lowest BCUT2D eigenvalue weighted by molar-refractivity contribution is 0.171. The molecule has 0 amide bonds. The zero-order valence-electron chi connectivity index (χ0n) is 8.89. The van der Waals surface area contributed by atoms with E-state index in [1.807, 2.05) is 0 Å². The molecule has 2 heteroatoms. The zero-order valence-corrected chi connectivity index (χ0v) is 9.89. The van der Waals surface area contributed by atoms with Gasteiger partial charge >= 0.3 is 0 Å². The Kier molecular flexibility index (Phi) is 3.35. The first-order valence-corrected chi connectivity index (χ1v) is 8.34. The molecule has 0 aromatic carbocycles. The lowest BCUT2D eigenvalue weighted by Gasteiger charge is -2.17. The van der Waals surface area contributed by atoms with Crippen molar-refractivity contribution in [2.45, 2.75) is 58.4 Å². The fraction of sp³-hybridized carbons (Fsp3) is 1.00. The van der Waals surface area contributed by atoms with Gasteiger partial charge in [0.1, 0.15) is 0 Å². The minimum atomic E-state index is -1.22. The summed E-state index contributed by atoms with van der Waals surface area (Å²) in [5.74, 6) is 0.818. The standard InChI is InChI=1S/C10H22OSi/c1-5-6-7-10-9(2)8-12(3,4)11-10/h9-10H,5-8H2,1-4H3. The summed E-state index contributed by atoms with van der Waals surface area (Å²) in [7, 11) is -1.22. The van der Waals surface area contributed by atoms with Gasteiger partial charge in [-0.3, -0.25) is 0 Å². The van der Waals surface area contributed by atoms with Crippen molar-refractivity contribution in [3.63, 3.8) is 0 Å². The fourth-order valence-electron chi connectivity index (χ4n) is 2.23. The molecule has 0 N–H and O–H groups in total. The molecular formula is C10H22OSi. The molecule has 2 atom stereocenters. The summed E-state index contributed by atoms with van der Waals surface area (Å²) in [6.07, 6.45) is 4.51. The van der Waals surface area contributed by atoms with E-state index >= 15 is 0 Å². The minimum Gasteiger partial charge on any atom is -0.414 e. The van der Waals surface area contributed by atoms with Gasteiger partial charge in [0.15, 0.2) is 8.32 Å². The van der Waals surface area contributed by atoms with Crippen LogP contribution in [0.3, 0.4) is 0 Å². The highest BCUT2D eigenvalue weighted by atomic mass is 28.4. The molecule has 2 unspecified atom stereocenters. The van der Waals surface area contributed by atoms with Gasteiger partial charge in [0.2, 0.25) is 0 Å². The molecule has 72 valence electrons. The maximum Gasteiger partial charge on any atom is 0.187 e. The molecule has 0 aromatic rings. The summed E-state index contributed by atoms with van der Waals surface area (Å²) in [6.45, 7) is 9.29. The van der Waals surface area contributed by atoms with Crippen LogP contribution in [0, 0.1) is 5.92 Å². The van der Waals surface area contributed by atoms with Crippen molar-refractivity contribution in [1.82, 2.24) is 0 Å². The maximum atomic E-state index is 6.10. The van der Waals surface area contributed by atoms with Crippen molar-refractivity contribution < 1.29 is 4.43 Å². The summed E-state index contributed by atoms with van der Waals surface area (Å²) in [5.41, 5.74) is 0. The predicted molar refractivity (Wildman–Crippen MR) is 55.9 cm³/mol. The van der Waals surface area contributed by atoms with Gasteiger partial charge in [0.05, 0.1) is 0 Å². The Hall–Kier alpha value is 0.177. The third kappa shape index (κ3) is 2.59. The predicted octanol–water partition coefficient (Wildman–Crippen LogP) is 3.42. The van der Waals surface area contributed by atoms with Crippen molar-refractivity contribution in [2.24, 2.45) is 5.92 Å². The van der Waals surface area contributed by atoms with E-state index in [2.05, 4.69) is 26.9 Å². The summed E-state index contributed by atoms with van der Waals surface area (Å²) in [6, 6.07) is 1.36. The second-order valence-electron chi connectivity index (χ2n) is 4.74. The summed E-state index contributed by atoms with van der Waals surface area (Å²) in [5, 5.41) is 0. The Morgan fingerprint density at radius 3 is 2.50 bits per heavy atom. The second-order valence-corrected chi connectivity index (χ2v) is 8.90. The number of hydrogen-bond donors (Lipinski definition) is 0. The first-order chi connectivity index (χ1) is 5.55. The molecule has 1 nitrogen and oxygen atoms in total. The second kappa shape index (κ2) is 3.92. The van der Waals surface area contributed by atoms with Crippen molar-refractivity contribution in [3.8, 4) is 0 Å². The van der Waals surface area contributed by atoms with E-state index in [9.17, 15) is 0 Å². The van der Waals surface area contributed by atoms with Crippen LogP contribution in [-0.4, -0.2) is 14.4 Å². The molecule has 1 heterocycles. The molecule has 0 bridgehead atoms. The van der Waals surface area contributed by atoms with E-state index in [0.29, 0.717) is 6.10 Å². The van der Waals surface area contributed by atoms with E-state index in [1.54, 1.807) is 0 Å². The number of rotatable bonds is 3. The molecule has 0 radical (unpaired) electrons. The fourth-order valence-corrected chi connectivity index (χ4v) is 5.31. The normalized spacial score (nSPS) is 34.0. The molecule has 0 aliphatic carbocycles. The minimum absolute atomic E-state index is 0.589. The van der Waals surface area contributed by atoms with Gasteiger partial charge in [-0.25, -0.2) is 0 Å². The molecule has 1 rings (SSSR count). The molecule has 1 saturated heterocycles. The van der Waals surface area contributed by atoms with Gasteiger partial charge in [-0.15, -0.1) is 0 Å². The summed E-state index contributed by atoms with van der Waals surface area (Å²) < 4.78 is 6.10. The SMILES string of the molecule is CCCCC1O[Si](C)(C)CC1C. The zero-order chi connectivity index (χ0) is 9.19. The van der Waals surface area contributed by atoms with Crippen LogP contribution in [-0.2, 0) is 4.43 Å². The van der Waals surface area contributed by atoms with Crippen LogP contribution in [0.15, 0.2) is 0 Å². The highest BCUT2D eigenvalue weighted by Crippen LogP contribution is 2.34. The lowest BCUT2D eigenvalue weighted by Crippen LogP contribution is -2.25. The third-order valence-electron chi connectivity index (χ3n) is 2.76. The van der Waals surface area contributed by atoms with Crippen LogP contribution in [0.4, 0.5) is 0 Å². The summed E-state index contributed by atoms with van der Waals surface area (Å²) >= 11 is 0. The molecule has 12 heavy (non-hydrogen) atoms. The molecule has 0 aromatic heterocycles. The largest absolute Gasteiger partial charge is 0.414 e. The highest BCUT2D eigenvalue weighted by molar-refractivity contribution is 6.71. The Labute approximate surface area is 77.6 Å². The number of hydrogen-bond acceptors (Lipinski definition) is 1. The van der Waals surface area contributed by atoms with Gasteiger partial charge in [-0.2, -0.15) is 0 Å². The average Bonchev–Trinajstić information content (AvgIpc) is 2.20. The highest BCUT2D eigenvalue weighted by Gasteiger charge is 2.38. The molecule has 0 spiro atoms. The Morgan fingerprint density at radius 1 is 1.42 bits per heavy atom. The summed E-state index contributed by atoms with van der Waals surface area (Å²) in [4.78, 5) is 0. The van der Waals surface area contributed by atoms with E-state index in [4.69, 9.17) is 4.43 Å². The van der Waals surface area contributed by atoms with E-state index < -0.39 is 8.32 Å². The molecule has 1 aliphatic heterocycles. The van der Waals surface area contributed by atoms with Crippen LogP contribution in [0.1, 0.15) is 33.1 Å². The smallest absolute Gasteiger partial charge is 0.187 e. The van der Waals surface area contributed by atoms with Crippen molar-refractivity contribution in [3.05, 3.63) is 0 Å². The van der Waals surface area contributed by atoms with Gasteiger partial charge in [0, 0.05) is 6.10 Å². The maximum absolute atomic E-state index is 6.10. The average molecular weight is 186 g/mol. The third-order valence-corrected chi connectivity index (χ3v) is 5.33. The molecule has 1 aliphatic rings. The van der Waals surface area contributed by atoms with Gasteiger partial charge in [0.25, 0.3) is 0 Å². The van der Waals surface area contributed by atoms with Gasteiger partial charge in [-0.05, 0) is 31.5 Å². The Balaban J connectivity index is 2.36. The molecular weight excluding hydrogens is 164 g/mol. The quantitative estimate of drug-likeness (QED) is 0.614. The van der Waals surface area contributed by atoms with Crippen LogP contribution < -0.4 is 0 Å². The molecule has 0 saturated carbocycles. The van der Waals surface area contributed by atoms with E-state index in [0.717, 1.165) is 5.92 Å². The van der Waals surface area contributed by atoms with Crippen molar-refractivity contribution in [2.75, 3.05) is 0 Å².